The van der Waals surface area contributed by atoms with Crippen molar-refractivity contribution in [1.82, 2.24) is 0 Å². The van der Waals surface area contributed by atoms with Crippen LogP contribution in [-0.4, -0.2) is 13.0 Å². The van der Waals surface area contributed by atoms with E-state index in [4.69, 9.17) is 4.74 Å². The minimum absolute atomic E-state index is 0.0845. The van der Waals surface area contributed by atoms with Crippen molar-refractivity contribution in [1.29, 1.82) is 0 Å². The van der Waals surface area contributed by atoms with Crippen LogP contribution in [0.1, 0.15) is 15.9 Å². The standard InChI is InChI=1S/C13H12INO2S/c1-8-5-10(3-4-11(8)17-2)15-13(16)9-6-12(14)18-7-9/h3-7H,1-2H3,(H,15,16). The molecule has 0 atom stereocenters. The van der Waals surface area contributed by atoms with E-state index in [-0.39, 0.29) is 5.91 Å². The van der Waals surface area contributed by atoms with E-state index in [0.717, 1.165) is 19.9 Å². The lowest BCUT2D eigenvalue weighted by Crippen LogP contribution is -2.10. The zero-order chi connectivity index (χ0) is 13.1. The Balaban J connectivity index is 2.14. The number of carbonyl (C=O) groups excluding carboxylic acids is 1. The van der Waals surface area contributed by atoms with Crippen LogP contribution < -0.4 is 10.1 Å². The fourth-order valence-electron chi connectivity index (χ4n) is 1.59. The highest BCUT2D eigenvalue weighted by atomic mass is 127. The van der Waals surface area contributed by atoms with Crippen molar-refractivity contribution in [2.75, 3.05) is 12.4 Å². The molecule has 1 heterocycles. The first-order valence-electron chi connectivity index (χ1n) is 5.30. The summed E-state index contributed by atoms with van der Waals surface area (Å²) in [5, 5.41) is 4.73. The summed E-state index contributed by atoms with van der Waals surface area (Å²) in [4.78, 5) is 12.0. The molecule has 1 aromatic heterocycles. The van der Waals surface area contributed by atoms with E-state index in [1.54, 1.807) is 18.4 Å². The van der Waals surface area contributed by atoms with Crippen LogP contribution in [0.3, 0.4) is 0 Å². The quantitative estimate of drug-likeness (QED) is 0.829. The first kappa shape index (κ1) is 13.4. The Bertz CT molecular complexity index is 580. The van der Waals surface area contributed by atoms with Gasteiger partial charge in [0.25, 0.3) is 5.91 Å². The average Bonchev–Trinajstić information content (AvgIpc) is 2.76. The number of ether oxygens (including phenoxy) is 1. The lowest BCUT2D eigenvalue weighted by molar-refractivity contribution is 0.102. The number of hydrogen-bond acceptors (Lipinski definition) is 3. The molecule has 0 aliphatic rings. The Morgan fingerprint density at radius 3 is 2.72 bits per heavy atom. The number of aryl methyl sites for hydroxylation is 1. The molecule has 0 spiro atoms. The van der Waals surface area contributed by atoms with Crippen molar-refractivity contribution in [3.63, 3.8) is 0 Å². The third-order valence-electron chi connectivity index (χ3n) is 2.48. The van der Waals surface area contributed by atoms with E-state index in [0.29, 0.717) is 5.56 Å². The molecule has 0 aliphatic carbocycles. The van der Waals surface area contributed by atoms with E-state index in [1.165, 1.54) is 0 Å². The summed E-state index contributed by atoms with van der Waals surface area (Å²) in [6.07, 6.45) is 0. The smallest absolute Gasteiger partial charge is 0.256 e. The number of rotatable bonds is 3. The molecule has 0 aliphatic heterocycles. The number of carbonyl (C=O) groups is 1. The number of anilines is 1. The van der Waals surface area contributed by atoms with Gasteiger partial charge in [-0.1, -0.05) is 0 Å². The van der Waals surface area contributed by atoms with Crippen molar-refractivity contribution >= 4 is 45.5 Å². The van der Waals surface area contributed by atoms with Crippen LogP contribution in [-0.2, 0) is 0 Å². The van der Waals surface area contributed by atoms with Crippen LogP contribution in [0.25, 0.3) is 0 Å². The lowest BCUT2D eigenvalue weighted by Gasteiger charge is -2.08. The van der Waals surface area contributed by atoms with Gasteiger partial charge in [-0.15, -0.1) is 11.3 Å². The van der Waals surface area contributed by atoms with Gasteiger partial charge in [-0.3, -0.25) is 4.79 Å². The number of thiophene rings is 1. The second-order valence-electron chi connectivity index (χ2n) is 3.78. The molecule has 1 amide bonds. The van der Waals surface area contributed by atoms with Gasteiger partial charge < -0.3 is 10.1 Å². The Labute approximate surface area is 123 Å². The van der Waals surface area contributed by atoms with Crippen molar-refractivity contribution in [2.45, 2.75) is 6.92 Å². The molecule has 1 aromatic carbocycles. The molecule has 1 N–H and O–H groups in total. The lowest BCUT2D eigenvalue weighted by atomic mass is 10.2. The second-order valence-corrected chi connectivity index (χ2v) is 6.58. The van der Waals surface area contributed by atoms with Crippen LogP contribution >= 0.6 is 33.9 Å². The molecular weight excluding hydrogens is 361 g/mol. The molecule has 3 nitrogen and oxygen atoms in total. The molecule has 0 saturated carbocycles. The zero-order valence-corrected chi connectivity index (χ0v) is 13.0. The van der Waals surface area contributed by atoms with E-state index in [1.807, 2.05) is 36.6 Å². The number of benzene rings is 1. The minimum atomic E-state index is -0.0845. The minimum Gasteiger partial charge on any atom is -0.496 e. The highest BCUT2D eigenvalue weighted by Crippen LogP contribution is 2.22. The third-order valence-corrected chi connectivity index (χ3v) is 4.27. The fourth-order valence-corrected chi connectivity index (χ4v) is 2.92. The highest BCUT2D eigenvalue weighted by molar-refractivity contribution is 14.1. The number of hydrogen-bond donors (Lipinski definition) is 1. The number of nitrogens with one attached hydrogen (secondary N) is 1. The molecule has 0 saturated heterocycles. The summed E-state index contributed by atoms with van der Waals surface area (Å²) >= 11 is 3.76. The van der Waals surface area contributed by atoms with Gasteiger partial charge >= 0.3 is 0 Å². The molecule has 2 aromatic rings. The predicted molar refractivity (Wildman–Crippen MR) is 82.7 cm³/mol. The van der Waals surface area contributed by atoms with E-state index in [2.05, 4.69) is 27.9 Å². The summed E-state index contributed by atoms with van der Waals surface area (Å²) in [5.74, 6) is 0.733. The summed E-state index contributed by atoms with van der Waals surface area (Å²) < 4.78 is 6.28. The summed E-state index contributed by atoms with van der Waals surface area (Å²) in [5.41, 5.74) is 2.47. The van der Waals surface area contributed by atoms with Crippen molar-refractivity contribution in [2.24, 2.45) is 0 Å². The van der Waals surface area contributed by atoms with Gasteiger partial charge in [0.2, 0.25) is 0 Å². The van der Waals surface area contributed by atoms with Gasteiger partial charge in [-0.2, -0.15) is 0 Å². The molecule has 18 heavy (non-hydrogen) atoms. The van der Waals surface area contributed by atoms with Gasteiger partial charge in [0.1, 0.15) is 5.75 Å². The summed E-state index contributed by atoms with van der Waals surface area (Å²) in [6, 6.07) is 7.45. The van der Waals surface area contributed by atoms with Crippen LogP contribution in [0, 0.1) is 9.81 Å². The topological polar surface area (TPSA) is 38.3 Å². The maximum Gasteiger partial charge on any atom is 0.256 e. The largest absolute Gasteiger partial charge is 0.496 e. The van der Waals surface area contributed by atoms with Crippen molar-refractivity contribution < 1.29 is 9.53 Å². The van der Waals surface area contributed by atoms with Crippen LogP contribution in [0.2, 0.25) is 0 Å². The van der Waals surface area contributed by atoms with Gasteiger partial charge in [-0.05, 0) is 59.3 Å². The summed E-state index contributed by atoms with van der Waals surface area (Å²) in [6.45, 7) is 1.95. The Morgan fingerprint density at radius 1 is 1.39 bits per heavy atom. The molecule has 5 heteroatoms. The monoisotopic (exact) mass is 373 g/mol. The van der Waals surface area contributed by atoms with Crippen LogP contribution in [0.4, 0.5) is 5.69 Å². The normalized spacial score (nSPS) is 10.2. The van der Waals surface area contributed by atoms with E-state index < -0.39 is 0 Å². The average molecular weight is 373 g/mol. The van der Waals surface area contributed by atoms with Crippen molar-refractivity contribution in [3.8, 4) is 5.75 Å². The number of methoxy groups -OCH3 is 1. The molecule has 0 unspecified atom stereocenters. The highest BCUT2D eigenvalue weighted by Gasteiger charge is 2.09. The van der Waals surface area contributed by atoms with Gasteiger partial charge in [-0.25, -0.2) is 0 Å². The number of amides is 1. The molecular formula is C13H12INO2S. The van der Waals surface area contributed by atoms with Gasteiger partial charge in [0.05, 0.1) is 15.6 Å². The SMILES string of the molecule is COc1ccc(NC(=O)c2csc(I)c2)cc1C. The number of halogens is 1. The third kappa shape index (κ3) is 3.02. The predicted octanol–water partition coefficient (Wildman–Crippen LogP) is 3.92. The maximum atomic E-state index is 12.0. The summed E-state index contributed by atoms with van der Waals surface area (Å²) in [7, 11) is 1.63. The molecule has 0 bridgehead atoms. The Hall–Kier alpha value is -1.08. The first-order valence-corrected chi connectivity index (χ1v) is 7.26. The second kappa shape index (κ2) is 5.71. The van der Waals surface area contributed by atoms with Crippen molar-refractivity contribution in [3.05, 3.63) is 43.7 Å². The zero-order valence-electron chi connectivity index (χ0n) is 9.99. The van der Waals surface area contributed by atoms with E-state index >= 15 is 0 Å². The fraction of sp³-hybridized carbons (Fsp3) is 0.154. The Kier molecular flexibility index (Phi) is 4.23. The first-order chi connectivity index (χ1) is 8.60. The van der Waals surface area contributed by atoms with Crippen LogP contribution in [0.15, 0.2) is 29.6 Å². The molecule has 0 radical (unpaired) electrons. The molecule has 94 valence electrons. The molecule has 2 rings (SSSR count). The van der Waals surface area contributed by atoms with Gasteiger partial charge in [0, 0.05) is 11.1 Å². The van der Waals surface area contributed by atoms with E-state index in [9.17, 15) is 4.79 Å². The van der Waals surface area contributed by atoms with Crippen LogP contribution in [0.5, 0.6) is 5.75 Å². The molecule has 0 fully saturated rings. The van der Waals surface area contributed by atoms with Gasteiger partial charge in [0.15, 0.2) is 0 Å². The maximum absolute atomic E-state index is 12.0. The Morgan fingerprint density at radius 2 is 2.17 bits per heavy atom.